The van der Waals surface area contributed by atoms with Gasteiger partial charge in [0.05, 0.1) is 6.04 Å². The van der Waals surface area contributed by atoms with Gasteiger partial charge in [-0.3, -0.25) is 4.90 Å². The van der Waals surface area contributed by atoms with Crippen molar-refractivity contribution < 1.29 is 4.79 Å². The molecule has 0 saturated heterocycles. The van der Waals surface area contributed by atoms with Crippen LogP contribution in [0.4, 0.5) is 0 Å². The van der Waals surface area contributed by atoms with Crippen molar-refractivity contribution in [2.24, 2.45) is 0 Å². The molecular formula is C13H17NO. The molecule has 1 aliphatic heterocycles. The maximum absolute atomic E-state index is 11.2. The molecule has 1 aromatic rings. The molecule has 0 N–H and O–H groups in total. The molecule has 0 aromatic heterocycles. The van der Waals surface area contributed by atoms with Crippen molar-refractivity contribution >= 4 is 6.29 Å². The summed E-state index contributed by atoms with van der Waals surface area (Å²) in [6, 6.07) is 8.13. The molecule has 1 aliphatic rings. The first-order chi connectivity index (χ1) is 7.04. The lowest BCUT2D eigenvalue weighted by Crippen LogP contribution is -2.40. The number of aldehydes is 1. The summed E-state index contributed by atoms with van der Waals surface area (Å²) in [5.74, 6) is 0. The second kappa shape index (κ2) is 3.46. The number of carbonyl (C=O) groups is 1. The number of carbonyl (C=O) groups excluding carboxylic acids is 1. The first-order valence-electron chi connectivity index (χ1n) is 5.34. The zero-order valence-corrected chi connectivity index (χ0v) is 9.53. The lowest BCUT2D eigenvalue weighted by atomic mass is 10.0. The Morgan fingerprint density at radius 1 is 1.33 bits per heavy atom. The highest BCUT2D eigenvalue weighted by molar-refractivity contribution is 5.64. The molecule has 80 valence electrons. The Kier molecular flexibility index (Phi) is 2.39. The summed E-state index contributed by atoms with van der Waals surface area (Å²) in [6.07, 6.45) is 1.05. The molecular weight excluding hydrogens is 186 g/mol. The van der Waals surface area contributed by atoms with Crippen LogP contribution in [0.15, 0.2) is 24.3 Å². The number of benzene rings is 1. The van der Waals surface area contributed by atoms with Crippen LogP contribution < -0.4 is 0 Å². The smallest absolute Gasteiger partial charge is 0.141 e. The minimum Gasteiger partial charge on any atom is -0.301 e. The number of nitrogens with zero attached hydrogens (tertiary/aromatic N) is 1. The van der Waals surface area contributed by atoms with Crippen LogP contribution in [0.3, 0.4) is 0 Å². The van der Waals surface area contributed by atoms with E-state index in [0.717, 1.165) is 12.8 Å². The molecule has 0 bridgehead atoms. The molecule has 0 aliphatic carbocycles. The Balaban J connectivity index is 2.41. The van der Waals surface area contributed by atoms with Gasteiger partial charge in [-0.15, -0.1) is 0 Å². The highest BCUT2D eigenvalue weighted by Gasteiger charge is 2.36. The van der Waals surface area contributed by atoms with Crippen LogP contribution in [0.2, 0.25) is 0 Å². The minimum absolute atomic E-state index is 0.0323. The van der Waals surface area contributed by atoms with E-state index >= 15 is 0 Å². The highest BCUT2D eigenvalue weighted by atomic mass is 16.1. The SMILES string of the molecule is CC(C)(C)N1Cc2ccccc2C1C=O. The van der Waals surface area contributed by atoms with Gasteiger partial charge in [0.1, 0.15) is 6.29 Å². The fraction of sp³-hybridized carbons (Fsp3) is 0.462. The van der Waals surface area contributed by atoms with Crippen molar-refractivity contribution in [1.82, 2.24) is 4.90 Å². The van der Waals surface area contributed by atoms with E-state index in [1.807, 2.05) is 12.1 Å². The third kappa shape index (κ3) is 1.70. The van der Waals surface area contributed by atoms with Crippen LogP contribution in [0, 0.1) is 0 Å². The predicted molar refractivity (Wildman–Crippen MR) is 60.5 cm³/mol. The van der Waals surface area contributed by atoms with Crippen LogP contribution in [0.5, 0.6) is 0 Å². The monoisotopic (exact) mass is 203 g/mol. The van der Waals surface area contributed by atoms with Crippen LogP contribution in [-0.4, -0.2) is 16.7 Å². The molecule has 0 spiro atoms. The summed E-state index contributed by atoms with van der Waals surface area (Å²) in [5.41, 5.74) is 2.48. The molecule has 0 saturated carbocycles. The van der Waals surface area contributed by atoms with Crippen molar-refractivity contribution in [3.63, 3.8) is 0 Å². The van der Waals surface area contributed by atoms with Crippen LogP contribution in [0.25, 0.3) is 0 Å². The van der Waals surface area contributed by atoms with Crippen LogP contribution >= 0.6 is 0 Å². The molecule has 2 heteroatoms. The lowest BCUT2D eigenvalue weighted by molar-refractivity contribution is -0.114. The third-order valence-corrected chi connectivity index (χ3v) is 3.04. The Bertz CT molecular complexity index is 378. The van der Waals surface area contributed by atoms with E-state index in [4.69, 9.17) is 0 Å². The Labute approximate surface area is 90.9 Å². The minimum atomic E-state index is -0.0683. The van der Waals surface area contributed by atoms with Gasteiger partial charge in [-0.05, 0) is 31.9 Å². The fourth-order valence-corrected chi connectivity index (χ4v) is 2.22. The molecule has 1 heterocycles. The number of fused-ring (bicyclic) bond motifs is 1. The van der Waals surface area contributed by atoms with E-state index in [-0.39, 0.29) is 11.6 Å². The number of hydrogen-bond acceptors (Lipinski definition) is 2. The summed E-state index contributed by atoms with van der Waals surface area (Å²) in [5, 5.41) is 0. The van der Waals surface area contributed by atoms with Crippen LogP contribution in [-0.2, 0) is 11.3 Å². The topological polar surface area (TPSA) is 20.3 Å². The van der Waals surface area contributed by atoms with Gasteiger partial charge in [-0.2, -0.15) is 0 Å². The Morgan fingerprint density at radius 3 is 2.60 bits per heavy atom. The lowest BCUT2D eigenvalue weighted by Gasteiger charge is -2.34. The maximum Gasteiger partial charge on any atom is 0.141 e. The summed E-state index contributed by atoms with van der Waals surface area (Å²) in [6.45, 7) is 7.32. The molecule has 1 aromatic carbocycles. The van der Waals surface area contributed by atoms with Crippen molar-refractivity contribution in [3.8, 4) is 0 Å². The van der Waals surface area contributed by atoms with Crippen molar-refractivity contribution in [1.29, 1.82) is 0 Å². The van der Waals surface area contributed by atoms with Gasteiger partial charge in [-0.1, -0.05) is 24.3 Å². The van der Waals surface area contributed by atoms with Gasteiger partial charge in [0.25, 0.3) is 0 Å². The highest BCUT2D eigenvalue weighted by Crippen LogP contribution is 2.36. The second-order valence-corrected chi connectivity index (χ2v) is 5.08. The molecule has 2 rings (SSSR count). The van der Waals surface area contributed by atoms with E-state index in [9.17, 15) is 4.79 Å². The quantitative estimate of drug-likeness (QED) is 0.654. The largest absolute Gasteiger partial charge is 0.301 e. The second-order valence-electron chi connectivity index (χ2n) is 5.08. The molecule has 0 amide bonds. The molecule has 1 unspecified atom stereocenters. The zero-order chi connectivity index (χ0) is 11.1. The summed E-state index contributed by atoms with van der Waals surface area (Å²) >= 11 is 0. The number of hydrogen-bond donors (Lipinski definition) is 0. The van der Waals surface area contributed by atoms with Crippen molar-refractivity contribution in [2.75, 3.05) is 0 Å². The van der Waals surface area contributed by atoms with E-state index in [1.165, 1.54) is 11.1 Å². The van der Waals surface area contributed by atoms with Gasteiger partial charge >= 0.3 is 0 Å². The van der Waals surface area contributed by atoms with Gasteiger partial charge in [0, 0.05) is 12.1 Å². The van der Waals surface area contributed by atoms with Gasteiger partial charge in [-0.25, -0.2) is 0 Å². The molecule has 0 fully saturated rings. The average molecular weight is 203 g/mol. The Morgan fingerprint density at radius 2 is 2.00 bits per heavy atom. The Hall–Kier alpha value is -1.15. The van der Waals surface area contributed by atoms with E-state index in [1.54, 1.807) is 0 Å². The van der Waals surface area contributed by atoms with E-state index < -0.39 is 0 Å². The molecule has 15 heavy (non-hydrogen) atoms. The first-order valence-corrected chi connectivity index (χ1v) is 5.34. The van der Waals surface area contributed by atoms with Gasteiger partial charge < -0.3 is 4.79 Å². The third-order valence-electron chi connectivity index (χ3n) is 3.04. The van der Waals surface area contributed by atoms with Gasteiger partial charge in [0.15, 0.2) is 0 Å². The normalized spacial score (nSPS) is 21.4. The number of rotatable bonds is 1. The first kappa shape index (κ1) is 10.4. The molecule has 0 radical (unpaired) electrons. The van der Waals surface area contributed by atoms with Gasteiger partial charge in [0.2, 0.25) is 0 Å². The van der Waals surface area contributed by atoms with E-state index in [2.05, 4.69) is 37.8 Å². The van der Waals surface area contributed by atoms with Crippen molar-refractivity contribution in [3.05, 3.63) is 35.4 Å². The average Bonchev–Trinajstić information content (AvgIpc) is 2.55. The van der Waals surface area contributed by atoms with Crippen molar-refractivity contribution in [2.45, 2.75) is 38.9 Å². The molecule has 1 atom stereocenters. The standard InChI is InChI=1S/C13H17NO/c1-13(2,3)14-8-10-6-4-5-7-11(10)12(14)9-15/h4-7,9,12H,8H2,1-3H3. The maximum atomic E-state index is 11.2. The van der Waals surface area contributed by atoms with Crippen LogP contribution in [0.1, 0.15) is 37.9 Å². The predicted octanol–water partition coefficient (Wildman–Crippen LogP) is 2.54. The summed E-state index contributed by atoms with van der Waals surface area (Å²) in [4.78, 5) is 13.4. The summed E-state index contributed by atoms with van der Waals surface area (Å²) < 4.78 is 0. The summed E-state index contributed by atoms with van der Waals surface area (Å²) in [7, 11) is 0. The fourth-order valence-electron chi connectivity index (χ4n) is 2.22. The molecule has 2 nitrogen and oxygen atoms in total. The van der Waals surface area contributed by atoms with E-state index in [0.29, 0.717) is 0 Å². The zero-order valence-electron chi connectivity index (χ0n) is 9.53.